The monoisotopic (exact) mass is 604 g/mol. The van der Waals surface area contributed by atoms with Crippen LogP contribution in [0.2, 0.25) is 0 Å². The van der Waals surface area contributed by atoms with Crippen LogP contribution in [-0.4, -0.2) is 42.1 Å². The zero-order chi connectivity index (χ0) is 22.0. The van der Waals surface area contributed by atoms with E-state index >= 15 is 0 Å². The van der Waals surface area contributed by atoms with Crippen LogP contribution < -0.4 is 0 Å². The molecule has 10 nitrogen and oxygen atoms in total. The molecule has 0 N–H and O–H groups in total. The van der Waals surface area contributed by atoms with E-state index in [-0.39, 0.29) is 12.1 Å². The van der Waals surface area contributed by atoms with Crippen LogP contribution in [0, 0.1) is 0 Å². The minimum Gasteiger partial charge on any atom is -0.199 e. The minimum absolute atomic E-state index is 0.154. The molecular formula is C6H5Cl5O10S6. The Bertz CT molecular complexity index is 1150. The van der Waals surface area contributed by atoms with Gasteiger partial charge in [0.25, 0.3) is 0 Å². The molecule has 0 atom stereocenters. The first-order chi connectivity index (χ1) is 11.6. The maximum atomic E-state index is 12.6. The van der Waals surface area contributed by atoms with Crippen LogP contribution in [-0.2, 0) is 40.4 Å². The quantitative estimate of drug-likeness (QED) is 0.346. The van der Waals surface area contributed by atoms with Crippen LogP contribution >= 0.6 is 56.9 Å². The molecule has 0 saturated heterocycles. The lowest BCUT2D eigenvalue weighted by Gasteiger charge is -2.61. The highest BCUT2D eigenvalue weighted by Crippen LogP contribution is 3.13. The Balaban J connectivity index is 5.62. The number of rotatable bonds is 6. The lowest BCUT2D eigenvalue weighted by atomic mass is 10.4. The molecule has 0 fully saturated rings. The Morgan fingerprint density at radius 1 is 0.481 bits per heavy atom. The molecule has 1 rings (SSSR count). The van der Waals surface area contributed by atoms with Gasteiger partial charge in [0.15, 0.2) is 0 Å². The molecule has 0 aliphatic rings. The zero-order valence-corrected chi connectivity index (χ0v) is 20.5. The number of halogens is 5. The van der Waals surface area contributed by atoms with Crippen molar-refractivity contribution in [3.8, 4) is 0 Å². The second kappa shape index (κ2) is 6.15. The number of hydrogen-bond donors (Lipinski definition) is 0. The van der Waals surface area contributed by atoms with Crippen molar-refractivity contribution >= 4 is 97.3 Å². The van der Waals surface area contributed by atoms with Gasteiger partial charge in [0, 0.05) is 58.3 Å². The van der Waals surface area contributed by atoms with Crippen LogP contribution in [0.4, 0.5) is 0 Å². The average Bonchev–Trinajstić information content (AvgIpc) is 2.32. The predicted octanol–water partition coefficient (Wildman–Crippen LogP) is 2.34. The van der Waals surface area contributed by atoms with Gasteiger partial charge in [-0.1, -0.05) is 18.2 Å². The van der Waals surface area contributed by atoms with Gasteiger partial charge in [-0.05, 0) is 12.1 Å². The maximum Gasteiger partial charge on any atom is 0.308 e. The summed E-state index contributed by atoms with van der Waals surface area (Å²) in [5.41, 5.74) is 0. The average molecular weight is 607 g/mol. The van der Waals surface area contributed by atoms with Crippen molar-refractivity contribution in [2.24, 2.45) is 0 Å². The molecule has 0 spiro atoms. The van der Waals surface area contributed by atoms with Crippen molar-refractivity contribution < 1.29 is 42.1 Å². The standard InChI is InChI=1S/C6H5Cl5O10S6/c7-22(12,13)27(23(8,14)15,24(9,16)17,25(10,18)19,26(11,20)21)6-4-2-1-3-5-6/h1-5H. The first-order valence-corrected chi connectivity index (χ1v) is 22.0. The van der Waals surface area contributed by atoms with E-state index in [2.05, 4.69) is 0 Å². The normalized spacial score (nSPS) is 17.7. The van der Waals surface area contributed by atoms with E-state index in [1.807, 2.05) is 0 Å². The lowest BCUT2D eigenvalue weighted by Crippen LogP contribution is -2.57. The third-order valence-corrected chi connectivity index (χ3v) is 84.3. The summed E-state index contributed by atoms with van der Waals surface area (Å²) in [4.78, 5) is -2.01. The summed E-state index contributed by atoms with van der Waals surface area (Å²) in [6, 6.07) is 2.62. The molecule has 0 amide bonds. The van der Waals surface area contributed by atoms with Crippen LogP contribution in [0.15, 0.2) is 35.2 Å². The summed E-state index contributed by atoms with van der Waals surface area (Å²) in [6.45, 7) is 0. The third kappa shape index (κ3) is 1.87. The second-order valence-electron chi connectivity index (χ2n) is 4.38. The van der Waals surface area contributed by atoms with E-state index in [0.29, 0.717) is 12.1 Å². The van der Waals surface area contributed by atoms with Crippen LogP contribution in [0.3, 0.4) is 0 Å². The minimum atomic E-state index is -9.62. The molecule has 0 unspecified atom stereocenters. The maximum absolute atomic E-state index is 12.6. The van der Waals surface area contributed by atoms with Gasteiger partial charge < -0.3 is 0 Å². The van der Waals surface area contributed by atoms with Crippen molar-refractivity contribution in [3.05, 3.63) is 30.3 Å². The largest absolute Gasteiger partial charge is 0.308 e. The summed E-state index contributed by atoms with van der Waals surface area (Å²) >= 11 is 0. The molecule has 0 aliphatic heterocycles. The molecule has 0 aromatic heterocycles. The van der Waals surface area contributed by atoms with Gasteiger partial charge in [-0.15, -0.1) is 0 Å². The highest BCUT2D eigenvalue weighted by molar-refractivity contribution is 9.97. The Labute approximate surface area is 173 Å². The van der Waals surface area contributed by atoms with E-state index in [0.717, 1.165) is 6.07 Å². The van der Waals surface area contributed by atoms with E-state index in [4.69, 9.17) is 53.4 Å². The third-order valence-electron chi connectivity index (χ3n) is 3.35. The molecule has 1 aromatic carbocycles. The Hall–Kier alpha value is 0.770. The Morgan fingerprint density at radius 3 is 0.889 bits per heavy atom. The van der Waals surface area contributed by atoms with Gasteiger partial charge in [-0.3, -0.25) is 0 Å². The fourth-order valence-electron chi connectivity index (χ4n) is 2.24. The molecule has 160 valence electrons. The second-order valence-corrected chi connectivity index (χ2v) is 45.2. The zero-order valence-electron chi connectivity index (χ0n) is 11.8. The Kier molecular flexibility index (Phi) is 5.88. The number of hydrogen-bond acceptors (Lipinski definition) is 10. The van der Waals surface area contributed by atoms with Gasteiger partial charge in [-0.25, -0.2) is 0 Å². The molecule has 0 saturated carbocycles. The highest BCUT2D eigenvalue weighted by Gasteiger charge is 3.03. The van der Waals surface area contributed by atoms with E-state index in [1.54, 1.807) is 0 Å². The molecule has 0 radical (unpaired) electrons. The summed E-state index contributed by atoms with van der Waals surface area (Å²) in [7, 11) is -10.1. The number of benzene rings is 1. The lowest BCUT2D eigenvalue weighted by molar-refractivity contribution is 0.612. The van der Waals surface area contributed by atoms with Crippen molar-refractivity contribution in [1.82, 2.24) is 0 Å². The van der Waals surface area contributed by atoms with Crippen molar-refractivity contribution in [2.45, 2.75) is 4.90 Å². The molecule has 0 aliphatic carbocycles. The van der Waals surface area contributed by atoms with E-state index in [1.165, 1.54) is 0 Å². The van der Waals surface area contributed by atoms with Gasteiger partial charge in [-0.2, -0.15) is 42.1 Å². The summed E-state index contributed by atoms with van der Waals surface area (Å²) in [5, 5.41) is 0. The highest BCUT2D eigenvalue weighted by atomic mass is 35.9. The van der Waals surface area contributed by atoms with E-state index < -0.39 is 48.8 Å². The molecule has 0 heterocycles. The summed E-state index contributed by atoms with van der Waals surface area (Å²) < 4.78 is 117. The molecule has 1 aromatic rings. The van der Waals surface area contributed by atoms with E-state index in [9.17, 15) is 42.1 Å². The first-order valence-electron chi connectivity index (χ1n) is 5.39. The van der Waals surface area contributed by atoms with Gasteiger partial charge >= 0.3 is 40.4 Å². The van der Waals surface area contributed by atoms with Gasteiger partial charge in [0.05, 0.1) is 0 Å². The molecular weight excluding hydrogens is 602 g/mol. The topological polar surface area (TPSA) is 171 Å². The molecule has 27 heavy (non-hydrogen) atoms. The van der Waals surface area contributed by atoms with Crippen LogP contribution in [0.25, 0.3) is 0 Å². The summed E-state index contributed by atoms with van der Waals surface area (Å²) in [5.74, 6) is 0. The van der Waals surface area contributed by atoms with Crippen molar-refractivity contribution in [3.63, 3.8) is 0 Å². The van der Waals surface area contributed by atoms with Crippen LogP contribution in [0.5, 0.6) is 0 Å². The van der Waals surface area contributed by atoms with Gasteiger partial charge in [0.1, 0.15) is 0 Å². The van der Waals surface area contributed by atoms with Gasteiger partial charge in [0.2, 0.25) is 3.45 Å². The SMILES string of the molecule is O=S(=O)(Cl)S(c1ccccc1)(S(=O)(=O)Cl)(S(=O)(=O)Cl)(S(=O)(=O)Cl)S(=O)(=O)Cl. The van der Waals surface area contributed by atoms with Crippen molar-refractivity contribution in [1.29, 1.82) is 0 Å². The van der Waals surface area contributed by atoms with Crippen LogP contribution in [0.1, 0.15) is 0 Å². The first kappa shape index (κ1) is 25.8. The predicted molar refractivity (Wildman–Crippen MR) is 106 cm³/mol. The van der Waals surface area contributed by atoms with Crippen molar-refractivity contribution in [2.75, 3.05) is 0 Å². The molecule has 21 heteroatoms. The fraction of sp³-hybridized carbons (Fsp3) is 0. The molecule has 0 bridgehead atoms. The fourth-order valence-corrected chi connectivity index (χ4v) is 81.4. The Morgan fingerprint density at radius 2 is 0.704 bits per heavy atom. The summed E-state index contributed by atoms with van der Waals surface area (Å²) in [6.07, 6.45) is 0. The smallest absolute Gasteiger partial charge is 0.199 e.